The maximum atomic E-state index is 5.20. The number of aromatic nitrogens is 3. The van der Waals surface area contributed by atoms with Crippen LogP contribution in [0.2, 0.25) is 0 Å². The van der Waals surface area contributed by atoms with Gasteiger partial charge in [0.15, 0.2) is 0 Å². The lowest BCUT2D eigenvalue weighted by molar-refractivity contribution is 1.22. The van der Waals surface area contributed by atoms with Gasteiger partial charge < -0.3 is 9.13 Å². The van der Waals surface area contributed by atoms with Gasteiger partial charge in [0.25, 0.3) is 0 Å². The Bertz CT molecular complexity index is 2340. The standard InChI is InChI=1S/C41H31N3S2/c1-24-8-12-34-28(20-24)29-21-25(2)9-13-35(29)43(34)40-18-16-38(45-40)32-6-5-7-33(42-32)39-17-19-41(46-39)44-36-14-10-26(3)22-30(36)31-23-27(4)11-15-37(31)44/h5-23H,1-4H3. The number of nitrogens with zero attached hydrogens (tertiary/aromatic N) is 3. The molecule has 5 aromatic heterocycles. The zero-order valence-electron chi connectivity index (χ0n) is 26.1. The molecule has 9 aromatic rings. The summed E-state index contributed by atoms with van der Waals surface area (Å²) < 4.78 is 4.81. The highest BCUT2D eigenvalue weighted by Gasteiger charge is 2.17. The fraction of sp³-hybridized carbons (Fsp3) is 0.0976. The number of fused-ring (bicyclic) bond motifs is 6. The summed E-state index contributed by atoms with van der Waals surface area (Å²) >= 11 is 3.59. The molecule has 0 radical (unpaired) electrons. The number of thiophene rings is 2. The van der Waals surface area contributed by atoms with Gasteiger partial charge in [-0.1, -0.05) is 52.6 Å². The summed E-state index contributed by atoms with van der Waals surface area (Å²) in [6.07, 6.45) is 0. The molecule has 4 aromatic carbocycles. The maximum absolute atomic E-state index is 5.20. The molecule has 5 heterocycles. The van der Waals surface area contributed by atoms with Gasteiger partial charge in [-0.05, 0) is 113 Å². The van der Waals surface area contributed by atoms with Crippen LogP contribution in [0.15, 0.2) is 115 Å². The summed E-state index contributed by atoms with van der Waals surface area (Å²) in [6.45, 7) is 8.67. The smallest absolute Gasteiger partial charge is 0.101 e. The van der Waals surface area contributed by atoms with Gasteiger partial charge in [-0.2, -0.15) is 0 Å². The molecule has 5 heteroatoms. The van der Waals surface area contributed by atoms with Crippen LogP contribution in [0.1, 0.15) is 22.3 Å². The molecule has 9 rings (SSSR count). The minimum absolute atomic E-state index is 0.999. The highest BCUT2D eigenvalue weighted by molar-refractivity contribution is 7.18. The molecule has 0 saturated carbocycles. The highest BCUT2D eigenvalue weighted by atomic mass is 32.1. The molecule has 46 heavy (non-hydrogen) atoms. The first-order chi connectivity index (χ1) is 22.4. The van der Waals surface area contributed by atoms with Crippen molar-refractivity contribution in [3.05, 3.63) is 138 Å². The second-order valence-corrected chi connectivity index (χ2v) is 14.6. The first-order valence-corrected chi connectivity index (χ1v) is 17.3. The second-order valence-electron chi connectivity index (χ2n) is 12.4. The van der Waals surface area contributed by atoms with Crippen molar-refractivity contribution in [2.24, 2.45) is 0 Å². The average Bonchev–Trinajstić information content (AvgIpc) is 3.85. The molecule has 0 aliphatic carbocycles. The third-order valence-corrected chi connectivity index (χ3v) is 11.2. The fourth-order valence-corrected chi connectivity index (χ4v) is 8.86. The van der Waals surface area contributed by atoms with Crippen molar-refractivity contribution in [2.45, 2.75) is 27.7 Å². The predicted molar refractivity (Wildman–Crippen MR) is 198 cm³/mol. The van der Waals surface area contributed by atoms with E-state index in [1.165, 1.54) is 75.9 Å². The number of hydrogen-bond donors (Lipinski definition) is 0. The molecule has 0 bridgehead atoms. The number of benzene rings is 4. The second kappa shape index (κ2) is 10.3. The first-order valence-electron chi connectivity index (χ1n) is 15.6. The molecule has 0 fully saturated rings. The summed E-state index contributed by atoms with van der Waals surface area (Å²) in [5.74, 6) is 0. The Morgan fingerprint density at radius 2 is 0.761 bits per heavy atom. The van der Waals surface area contributed by atoms with Crippen LogP contribution in [0.3, 0.4) is 0 Å². The van der Waals surface area contributed by atoms with E-state index in [1.807, 2.05) is 0 Å². The van der Waals surface area contributed by atoms with Crippen LogP contribution >= 0.6 is 22.7 Å². The molecular weight excluding hydrogens is 599 g/mol. The lowest BCUT2D eigenvalue weighted by atomic mass is 10.1. The Hall–Kier alpha value is -4.97. The van der Waals surface area contributed by atoms with Gasteiger partial charge in [-0.25, -0.2) is 4.98 Å². The van der Waals surface area contributed by atoms with Gasteiger partial charge in [-0.3, -0.25) is 0 Å². The van der Waals surface area contributed by atoms with Crippen molar-refractivity contribution < 1.29 is 0 Å². The van der Waals surface area contributed by atoms with Crippen LogP contribution in [0.5, 0.6) is 0 Å². The van der Waals surface area contributed by atoms with Crippen LogP contribution in [0.25, 0.3) is 74.8 Å². The van der Waals surface area contributed by atoms with Crippen LogP contribution in [0, 0.1) is 27.7 Å². The molecule has 222 valence electrons. The van der Waals surface area contributed by atoms with Crippen molar-refractivity contribution in [1.29, 1.82) is 0 Å². The Kier molecular flexibility index (Phi) is 6.11. The van der Waals surface area contributed by atoms with Crippen molar-refractivity contribution >= 4 is 66.3 Å². The van der Waals surface area contributed by atoms with Gasteiger partial charge in [-0.15, -0.1) is 22.7 Å². The molecular formula is C41H31N3S2. The van der Waals surface area contributed by atoms with E-state index in [0.29, 0.717) is 0 Å². The summed E-state index contributed by atoms with van der Waals surface area (Å²) in [5, 5.41) is 7.61. The van der Waals surface area contributed by atoms with Gasteiger partial charge in [0.2, 0.25) is 0 Å². The van der Waals surface area contributed by atoms with Crippen molar-refractivity contribution in [2.75, 3.05) is 0 Å². The summed E-state index contributed by atoms with van der Waals surface area (Å²) in [4.78, 5) is 7.53. The summed E-state index contributed by atoms with van der Waals surface area (Å²) in [7, 11) is 0. The minimum atomic E-state index is 0.999. The number of aryl methyl sites for hydroxylation is 4. The number of pyridine rings is 1. The van der Waals surface area contributed by atoms with Gasteiger partial charge in [0.05, 0.1) is 43.2 Å². The minimum Gasteiger partial charge on any atom is -0.301 e. The first kappa shape index (κ1) is 27.3. The third-order valence-electron chi connectivity index (χ3n) is 9.03. The predicted octanol–water partition coefficient (Wildman–Crippen LogP) is 12.0. The highest BCUT2D eigenvalue weighted by Crippen LogP contribution is 2.40. The third kappa shape index (κ3) is 4.27. The summed E-state index contributed by atoms with van der Waals surface area (Å²) in [6, 6.07) is 42.4. The molecule has 0 spiro atoms. The Morgan fingerprint density at radius 1 is 0.413 bits per heavy atom. The normalized spacial score (nSPS) is 11.9. The van der Waals surface area contributed by atoms with Crippen LogP contribution in [0.4, 0.5) is 0 Å². The summed E-state index contributed by atoms with van der Waals surface area (Å²) in [5.41, 5.74) is 12.1. The average molecular weight is 630 g/mol. The van der Waals surface area contributed by atoms with Crippen LogP contribution in [-0.2, 0) is 0 Å². The Labute approximate surface area is 275 Å². The van der Waals surface area contributed by atoms with Crippen molar-refractivity contribution in [3.63, 3.8) is 0 Å². The zero-order chi connectivity index (χ0) is 31.1. The van der Waals surface area contributed by atoms with Gasteiger partial charge >= 0.3 is 0 Å². The van der Waals surface area contributed by atoms with E-state index in [2.05, 4.69) is 152 Å². The number of rotatable bonds is 4. The van der Waals surface area contributed by atoms with E-state index in [0.717, 1.165) is 21.1 Å². The molecule has 0 aliphatic rings. The molecule has 0 N–H and O–H groups in total. The zero-order valence-corrected chi connectivity index (χ0v) is 27.8. The molecule has 0 unspecified atom stereocenters. The monoisotopic (exact) mass is 629 g/mol. The maximum Gasteiger partial charge on any atom is 0.101 e. The van der Waals surface area contributed by atoms with Crippen molar-refractivity contribution in [1.82, 2.24) is 14.1 Å². The molecule has 0 saturated heterocycles. The van der Waals surface area contributed by atoms with Gasteiger partial charge in [0, 0.05) is 21.5 Å². The molecule has 0 aliphatic heterocycles. The largest absolute Gasteiger partial charge is 0.301 e. The van der Waals surface area contributed by atoms with Crippen LogP contribution < -0.4 is 0 Å². The number of hydrogen-bond acceptors (Lipinski definition) is 3. The van der Waals surface area contributed by atoms with E-state index in [1.54, 1.807) is 22.7 Å². The van der Waals surface area contributed by atoms with E-state index in [-0.39, 0.29) is 0 Å². The SMILES string of the molecule is Cc1ccc2c(c1)c1cc(C)ccc1n2-c1ccc(-c2cccc(-c3ccc(-n4c5ccc(C)cc5c5cc(C)ccc54)s3)n2)s1. The lowest BCUT2D eigenvalue weighted by Gasteiger charge is -2.05. The Morgan fingerprint density at radius 3 is 1.11 bits per heavy atom. The molecule has 0 amide bonds. The topological polar surface area (TPSA) is 22.8 Å². The molecule has 0 atom stereocenters. The van der Waals surface area contributed by atoms with E-state index >= 15 is 0 Å². The van der Waals surface area contributed by atoms with E-state index in [9.17, 15) is 0 Å². The van der Waals surface area contributed by atoms with E-state index in [4.69, 9.17) is 4.98 Å². The van der Waals surface area contributed by atoms with E-state index < -0.39 is 0 Å². The van der Waals surface area contributed by atoms with Gasteiger partial charge in [0.1, 0.15) is 10.0 Å². The molecule has 3 nitrogen and oxygen atoms in total. The van der Waals surface area contributed by atoms with Crippen LogP contribution in [-0.4, -0.2) is 14.1 Å². The Balaban J connectivity index is 1.12. The lowest BCUT2D eigenvalue weighted by Crippen LogP contribution is -1.90. The fourth-order valence-electron chi connectivity index (χ4n) is 6.86. The van der Waals surface area contributed by atoms with Crippen molar-refractivity contribution in [3.8, 4) is 31.1 Å². The quantitative estimate of drug-likeness (QED) is 0.190.